The number of hydroxylamine groups is 2. The van der Waals surface area contributed by atoms with E-state index in [9.17, 15) is 13.6 Å². The molecule has 3 atom stereocenters. The van der Waals surface area contributed by atoms with Crippen LogP contribution in [0.15, 0.2) is 18.5 Å². The number of halogens is 2. The van der Waals surface area contributed by atoms with Crippen LogP contribution in [0.2, 0.25) is 0 Å². The van der Waals surface area contributed by atoms with E-state index >= 15 is 0 Å². The average molecular weight is 353 g/mol. The van der Waals surface area contributed by atoms with Crippen molar-refractivity contribution in [3.8, 4) is 0 Å². The third kappa shape index (κ3) is 3.82. The predicted octanol–water partition coefficient (Wildman–Crippen LogP) is 2.88. The summed E-state index contributed by atoms with van der Waals surface area (Å²) < 4.78 is 28.2. The summed E-state index contributed by atoms with van der Waals surface area (Å²) in [6.45, 7) is 7.38. The van der Waals surface area contributed by atoms with Crippen LogP contribution in [0.25, 0.3) is 0 Å². The molecule has 7 heteroatoms. The summed E-state index contributed by atoms with van der Waals surface area (Å²) in [5.41, 5.74) is 0.450. The van der Waals surface area contributed by atoms with E-state index in [1.807, 2.05) is 20.8 Å². The lowest BCUT2D eigenvalue weighted by Crippen LogP contribution is -2.53. The summed E-state index contributed by atoms with van der Waals surface area (Å²) in [6, 6.07) is 0.936. The van der Waals surface area contributed by atoms with Gasteiger partial charge in [0.15, 0.2) is 0 Å². The maximum Gasteiger partial charge on any atom is 0.252 e. The first-order chi connectivity index (χ1) is 11.8. The second kappa shape index (κ2) is 6.96. The van der Waals surface area contributed by atoms with E-state index in [2.05, 4.69) is 9.88 Å². The van der Waals surface area contributed by atoms with Gasteiger partial charge in [0.2, 0.25) is 0 Å². The molecular formula is C18H25F2N3O2. The minimum atomic E-state index is -1.24. The number of amides is 1. The number of pyridine rings is 1. The van der Waals surface area contributed by atoms with Gasteiger partial charge in [-0.1, -0.05) is 0 Å². The predicted molar refractivity (Wildman–Crippen MR) is 88.7 cm³/mol. The number of alkyl halides is 1. The smallest absolute Gasteiger partial charge is 0.252 e. The molecule has 2 fully saturated rings. The summed E-state index contributed by atoms with van der Waals surface area (Å²) in [5.74, 6) is -1.54. The first-order valence-corrected chi connectivity index (χ1v) is 8.73. The number of carbonyl (C=O) groups excluding carboxylic acids is 1. The van der Waals surface area contributed by atoms with E-state index < -0.39 is 23.9 Å². The highest BCUT2D eigenvalue weighted by Crippen LogP contribution is 2.35. The van der Waals surface area contributed by atoms with E-state index in [0.29, 0.717) is 31.6 Å². The van der Waals surface area contributed by atoms with Crippen LogP contribution in [-0.2, 0) is 9.63 Å². The third-order valence-electron chi connectivity index (χ3n) is 5.04. The van der Waals surface area contributed by atoms with Gasteiger partial charge in [0.25, 0.3) is 5.91 Å². The quantitative estimate of drug-likeness (QED) is 0.820. The molecule has 3 rings (SSSR count). The van der Waals surface area contributed by atoms with Crippen LogP contribution >= 0.6 is 0 Å². The van der Waals surface area contributed by atoms with E-state index in [0.717, 1.165) is 6.20 Å². The van der Waals surface area contributed by atoms with Crippen LogP contribution in [0.5, 0.6) is 0 Å². The Labute approximate surface area is 146 Å². The molecule has 3 unspecified atom stereocenters. The fourth-order valence-corrected chi connectivity index (χ4v) is 3.56. The van der Waals surface area contributed by atoms with Crippen molar-refractivity contribution < 1.29 is 18.4 Å². The molecule has 0 aliphatic carbocycles. The van der Waals surface area contributed by atoms with Gasteiger partial charge in [0.1, 0.15) is 12.0 Å². The van der Waals surface area contributed by atoms with E-state index in [1.54, 1.807) is 0 Å². The highest BCUT2D eigenvalue weighted by molar-refractivity contribution is 5.79. The van der Waals surface area contributed by atoms with Gasteiger partial charge in [0.05, 0.1) is 24.8 Å². The molecule has 0 aromatic carbocycles. The Kier molecular flexibility index (Phi) is 5.06. The van der Waals surface area contributed by atoms with Crippen molar-refractivity contribution >= 4 is 5.91 Å². The minimum Gasteiger partial charge on any atom is -0.296 e. The third-order valence-corrected chi connectivity index (χ3v) is 5.04. The van der Waals surface area contributed by atoms with Crippen molar-refractivity contribution in [3.05, 3.63) is 29.8 Å². The Morgan fingerprint density at radius 1 is 1.32 bits per heavy atom. The second-order valence-corrected chi connectivity index (χ2v) is 7.77. The SMILES string of the molecule is CC(C)(C)N1CCC(C(=O)N2OCCC2c2cncc(F)c2)C(F)C1. The number of aromatic nitrogens is 1. The van der Waals surface area contributed by atoms with E-state index in [4.69, 9.17) is 4.84 Å². The van der Waals surface area contributed by atoms with Crippen molar-refractivity contribution in [3.63, 3.8) is 0 Å². The van der Waals surface area contributed by atoms with Gasteiger partial charge in [0, 0.05) is 24.7 Å². The van der Waals surface area contributed by atoms with Crippen LogP contribution in [-0.4, -0.2) is 52.3 Å². The van der Waals surface area contributed by atoms with Crippen LogP contribution in [0.1, 0.15) is 45.2 Å². The lowest BCUT2D eigenvalue weighted by atomic mass is 9.90. The molecule has 1 amide bonds. The molecule has 5 nitrogen and oxygen atoms in total. The lowest BCUT2D eigenvalue weighted by molar-refractivity contribution is -0.186. The molecule has 138 valence electrons. The lowest BCUT2D eigenvalue weighted by Gasteiger charge is -2.42. The number of likely N-dealkylation sites (tertiary alicyclic amines) is 1. The molecule has 1 aromatic heterocycles. The molecule has 0 radical (unpaired) electrons. The number of hydrogen-bond acceptors (Lipinski definition) is 4. The standard InChI is InChI=1S/C18H25F2N3O2/c1-18(2,3)22-6-4-14(15(20)11-22)17(24)23-16(5-7-25-23)12-8-13(19)10-21-9-12/h8-10,14-16H,4-7,11H2,1-3H3. The zero-order valence-corrected chi connectivity index (χ0v) is 14.9. The van der Waals surface area contributed by atoms with Crippen molar-refractivity contribution in [2.45, 2.75) is 51.4 Å². The van der Waals surface area contributed by atoms with Gasteiger partial charge in [-0.25, -0.2) is 13.8 Å². The maximum atomic E-state index is 14.7. The summed E-state index contributed by atoms with van der Waals surface area (Å²) in [4.78, 5) is 24.2. The Balaban J connectivity index is 1.72. The molecule has 0 saturated carbocycles. The molecule has 2 aliphatic rings. The van der Waals surface area contributed by atoms with Gasteiger partial charge in [-0.15, -0.1) is 0 Å². The Hall–Kier alpha value is -1.60. The van der Waals surface area contributed by atoms with Gasteiger partial charge >= 0.3 is 0 Å². The number of piperidine rings is 1. The van der Waals surface area contributed by atoms with Crippen molar-refractivity contribution in [2.24, 2.45) is 5.92 Å². The molecule has 3 heterocycles. The Bertz CT molecular complexity index is 635. The summed E-state index contributed by atoms with van der Waals surface area (Å²) in [5, 5.41) is 1.24. The van der Waals surface area contributed by atoms with Crippen LogP contribution in [0.3, 0.4) is 0 Å². The van der Waals surface area contributed by atoms with Crippen molar-refractivity contribution in [2.75, 3.05) is 19.7 Å². The molecule has 2 aliphatic heterocycles. The highest BCUT2D eigenvalue weighted by atomic mass is 19.1. The molecule has 0 bridgehead atoms. The Morgan fingerprint density at radius 2 is 2.08 bits per heavy atom. The summed E-state index contributed by atoms with van der Waals surface area (Å²) in [6.07, 6.45) is 2.40. The molecule has 25 heavy (non-hydrogen) atoms. The topological polar surface area (TPSA) is 45.7 Å². The number of carbonyl (C=O) groups is 1. The highest BCUT2D eigenvalue weighted by Gasteiger charge is 2.43. The molecule has 0 N–H and O–H groups in total. The molecular weight excluding hydrogens is 328 g/mol. The van der Waals surface area contributed by atoms with Crippen molar-refractivity contribution in [1.29, 1.82) is 0 Å². The zero-order chi connectivity index (χ0) is 18.2. The zero-order valence-electron chi connectivity index (χ0n) is 14.9. The van der Waals surface area contributed by atoms with Crippen LogP contribution < -0.4 is 0 Å². The number of rotatable bonds is 2. The second-order valence-electron chi connectivity index (χ2n) is 7.77. The normalized spacial score (nSPS) is 28.4. The van der Waals surface area contributed by atoms with Crippen LogP contribution in [0, 0.1) is 11.7 Å². The van der Waals surface area contributed by atoms with Crippen LogP contribution in [0.4, 0.5) is 8.78 Å². The average Bonchev–Trinajstić information content (AvgIpc) is 3.03. The molecule has 1 aromatic rings. The largest absolute Gasteiger partial charge is 0.296 e. The van der Waals surface area contributed by atoms with E-state index in [-0.39, 0.29) is 18.0 Å². The van der Waals surface area contributed by atoms with Gasteiger partial charge in [-0.2, -0.15) is 0 Å². The van der Waals surface area contributed by atoms with Gasteiger partial charge in [-0.05, 0) is 45.4 Å². The first-order valence-electron chi connectivity index (χ1n) is 8.73. The fraction of sp³-hybridized carbons (Fsp3) is 0.667. The van der Waals surface area contributed by atoms with E-state index in [1.165, 1.54) is 17.3 Å². The Morgan fingerprint density at radius 3 is 2.72 bits per heavy atom. The van der Waals surface area contributed by atoms with Crippen molar-refractivity contribution in [1.82, 2.24) is 14.9 Å². The first kappa shape index (κ1) is 18.2. The molecule has 0 spiro atoms. The summed E-state index contributed by atoms with van der Waals surface area (Å²) in [7, 11) is 0. The van der Waals surface area contributed by atoms with Gasteiger partial charge in [-0.3, -0.25) is 19.5 Å². The molecule has 2 saturated heterocycles. The monoisotopic (exact) mass is 353 g/mol. The minimum absolute atomic E-state index is 0.127. The van der Waals surface area contributed by atoms with Gasteiger partial charge < -0.3 is 0 Å². The fourth-order valence-electron chi connectivity index (χ4n) is 3.56. The summed E-state index contributed by atoms with van der Waals surface area (Å²) >= 11 is 0. The maximum absolute atomic E-state index is 14.7. The number of hydrogen-bond donors (Lipinski definition) is 0. The number of nitrogens with zero attached hydrogens (tertiary/aromatic N) is 3.